The fraction of sp³-hybridized carbons (Fsp3) is 0.640. The molecule has 1 aromatic carbocycles. The van der Waals surface area contributed by atoms with Crippen molar-refractivity contribution in [3.05, 3.63) is 35.4 Å². The SMILES string of the molecule is CSCC[C@H](NC(=O)C12CC3CC(CC(C3)C1)C2)C(=O)OCC(=O)c1ccc(C)cc1. The summed E-state index contributed by atoms with van der Waals surface area (Å²) in [5.41, 5.74) is 1.29. The summed E-state index contributed by atoms with van der Waals surface area (Å²) in [6.07, 6.45) is 9.17. The van der Waals surface area contributed by atoms with E-state index in [1.807, 2.05) is 25.3 Å². The van der Waals surface area contributed by atoms with Crippen LogP contribution >= 0.6 is 11.8 Å². The highest BCUT2D eigenvalue weighted by Gasteiger charge is 2.55. The average molecular weight is 444 g/mol. The van der Waals surface area contributed by atoms with Crippen LogP contribution in [0.1, 0.15) is 60.9 Å². The number of carbonyl (C=O) groups excluding carboxylic acids is 3. The Morgan fingerprint density at radius 1 is 1.06 bits per heavy atom. The molecule has 31 heavy (non-hydrogen) atoms. The number of carbonyl (C=O) groups is 3. The number of ether oxygens (including phenoxy) is 1. The third kappa shape index (κ3) is 5.00. The van der Waals surface area contributed by atoms with Crippen LogP contribution in [0.25, 0.3) is 0 Å². The third-order valence-corrected chi connectivity index (χ3v) is 8.08. The summed E-state index contributed by atoms with van der Waals surface area (Å²) in [6, 6.07) is 6.51. The molecule has 4 aliphatic rings. The number of aryl methyl sites for hydroxylation is 1. The molecular weight excluding hydrogens is 410 g/mol. The summed E-state index contributed by atoms with van der Waals surface area (Å²) in [5.74, 6) is 2.03. The van der Waals surface area contributed by atoms with Gasteiger partial charge in [-0.25, -0.2) is 4.79 Å². The minimum Gasteiger partial charge on any atom is -0.456 e. The third-order valence-electron chi connectivity index (χ3n) is 7.44. The maximum Gasteiger partial charge on any atom is 0.329 e. The van der Waals surface area contributed by atoms with Crippen molar-refractivity contribution in [2.45, 2.75) is 57.9 Å². The lowest BCUT2D eigenvalue weighted by molar-refractivity contribution is -0.153. The molecule has 4 fully saturated rings. The molecule has 0 spiro atoms. The van der Waals surface area contributed by atoms with Gasteiger partial charge in [-0.3, -0.25) is 9.59 Å². The molecule has 4 saturated carbocycles. The van der Waals surface area contributed by atoms with Crippen LogP contribution in [0.3, 0.4) is 0 Å². The second-order valence-electron chi connectivity index (χ2n) is 9.90. The Labute approximate surface area is 189 Å². The molecule has 6 heteroatoms. The molecule has 5 nitrogen and oxygen atoms in total. The van der Waals surface area contributed by atoms with Gasteiger partial charge in [0.25, 0.3) is 0 Å². The van der Waals surface area contributed by atoms with E-state index in [0.717, 1.165) is 30.6 Å². The summed E-state index contributed by atoms with van der Waals surface area (Å²) < 4.78 is 5.36. The molecular formula is C25H33NO4S. The minimum atomic E-state index is -0.696. The summed E-state index contributed by atoms with van der Waals surface area (Å²) in [5, 5.41) is 3.04. The Morgan fingerprint density at radius 3 is 2.19 bits per heavy atom. The molecule has 1 amide bonds. The first-order valence-electron chi connectivity index (χ1n) is 11.4. The molecule has 1 aromatic rings. The van der Waals surface area contributed by atoms with E-state index in [9.17, 15) is 14.4 Å². The maximum absolute atomic E-state index is 13.4. The fourth-order valence-corrected chi connectivity index (χ4v) is 6.72. The number of nitrogens with one attached hydrogen (secondary N) is 1. The molecule has 0 aliphatic heterocycles. The van der Waals surface area contributed by atoms with Gasteiger partial charge in [-0.05, 0) is 81.6 Å². The molecule has 0 saturated heterocycles. The number of Topliss-reactive ketones (excluding diaryl/α,β-unsaturated/α-hetero) is 1. The van der Waals surface area contributed by atoms with E-state index >= 15 is 0 Å². The van der Waals surface area contributed by atoms with Gasteiger partial charge in [0.2, 0.25) is 5.91 Å². The number of hydrogen-bond donors (Lipinski definition) is 1. The zero-order chi connectivity index (χ0) is 22.0. The lowest BCUT2D eigenvalue weighted by atomic mass is 9.49. The van der Waals surface area contributed by atoms with Crippen molar-refractivity contribution in [3.63, 3.8) is 0 Å². The lowest BCUT2D eigenvalue weighted by Crippen LogP contribution is -2.56. The van der Waals surface area contributed by atoms with Crippen molar-refractivity contribution in [2.24, 2.45) is 23.2 Å². The van der Waals surface area contributed by atoms with Crippen LogP contribution < -0.4 is 5.32 Å². The van der Waals surface area contributed by atoms with E-state index in [0.29, 0.717) is 29.7 Å². The molecule has 0 unspecified atom stereocenters. The van der Waals surface area contributed by atoms with Crippen LogP contribution in [0.15, 0.2) is 24.3 Å². The molecule has 0 heterocycles. The maximum atomic E-state index is 13.4. The Balaban J connectivity index is 1.37. The predicted molar refractivity (Wildman–Crippen MR) is 122 cm³/mol. The topological polar surface area (TPSA) is 72.5 Å². The number of thioether (sulfide) groups is 1. The quantitative estimate of drug-likeness (QED) is 0.458. The number of esters is 1. The van der Waals surface area contributed by atoms with Gasteiger partial charge in [0.15, 0.2) is 12.4 Å². The van der Waals surface area contributed by atoms with Crippen molar-refractivity contribution < 1.29 is 19.1 Å². The van der Waals surface area contributed by atoms with Gasteiger partial charge in [0.05, 0.1) is 0 Å². The number of rotatable bonds is 9. The van der Waals surface area contributed by atoms with Crippen LogP contribution in [0.5, 0.6) is 0 Å². The van der Waals surface area contributed by atoms with E-state index in [1.54, 1.807) is 23.9 Å². The summed E-state index contributed by atoms with van der Waals surface area (Å²) in [4.78, 5) is 38.6. The average Bonchev–Trinajstić information content (AvgIpc) is 2.74. The summed E-state index contributed by atoms with van der Waals surface area (Å²) >= 11 is 1.63. The Kier molecular flexibility index (Phi) is 6.75. The molecule has 4 aliphatic carbocycles. The lowest BCUT2D eigenvalue weighted by Gasteiger charge is -2.55. The van der Waals surface area contributed by atoms with E-state index < -0.39 is 12.0 Å². The molecule has 5 rings (SSSR count). The second-order valence-corrected chi connectivity index (χ2v) is 10.9. The normalized spacial score (nSPS) is 29.4. The summed E-state index contributed by atoms with van der Waals surface area (Å²) in [6.45, 7) is 1.65. The van der Waals surface area contributed by atoms with Crippen LogP contribution in [0, 0.1) is 30.1 Å². The first-order chi connectivity index (χ1) is 14.9. The van der Waals surface area contributed by atoms with Crippen LogP contribution in [-0.4, -0.2) is 42.3 Å². The van der Waals surface area contributed by atoms with Crippen LogP contribution in [-0.2, 0) is 14.3 Å². The number of ketones is 1. The molecule has 0 radical (unpaired) electrons. The highest BCUT2D eigenvalue weighted by Crippen LogP contribution is 2.60. The minimum absolute atomic E-state index is 0.0273. The first-order valence-corrected chi connectivity index (χ1v) is 12.8. The zero-order valence-corrected chi connectivity index (χ0v) is 19.3. The summed E-state index contributed by atoms with van der Waals surface area (Å²) in [7, 11) is 0. The van der Waals surface area contributed by atoms with E-state index in [1.165, 1.54) is 19.3 Å². The standard InChI is InChI=1S/C25H33NO4S/c1-16-3-5-20(6-4-16)22(27)15-30-23(28)21(7-8-31-2)26-24(29)25-12-17-9-18(13-25)11-19(10-17)14-25/h3-6,17-19,21H,7-15H2,1-2H3,(H,26,29)/t17?,18?,19?,21-,25?/m0/s1. The van der Waals surface area contributed by atoms with Crippen molar-refractivity contribution in [2.75, 3.05) is 18.6 Å². The Morgan fingerprint density at radius 2 is 1.65 bits per heavy atom. The smallest absolute Gasteiger partial charge is 0.329 e. The number of hydrogen-bond acceptors (Lipinski definition) is 5. The molecule has 1 atom stereocenters. The second kappa shape index (κ2) is 9.35. The van der Waals surface area contributed by atoms with Gasteiger partial charge in [0.1, 0.15) is 6.04 Å². The van der Waals surface area contributed by atoms with E-state index in [2.05, 4.69) is 5.32 Å². The highest BCUT2D eigenvalue weighted by atomic mass is 32.2. The van der Waals surface area contributed by atoms with Crippen LogP contribution in [0.4, 0.5) is 0 Å². The van der Waals surface area contributed by atoms with Crippen LogP contribution in [0.2, 0.25) is 0 Å². The van der Waals surface area contributed by atoms with E-state index in [-0.39, 0.29) is 23.7 Å². The Hall–Kier alpha value is -1.82. The number of benzene rings is 1. The largest absolute Gasteiger partial charge is 0.456 e. The first kappa shape index (κ1) is 22.4. The Bertz CT molecular complexity index is 799. The van der Waals surface area contributed by atoms with Crippen molar-refractivity contribution >= 4 is 29.4 Å². The molecule has 4 bridgehead atoms. The van der Waals surface area contributed by atoms with Gasteiger partial charge in [-0.1, -0.05) is 29.8 Å². The van der Waals surface area contributed by atoms with Gasteiger partial charge < -0.3 is 10.1 Å². The fourth-order valence-electron chi connectivity index (χ4n) is 6.24. The monoisotopic (exact) mass is 443 g/mol. The highest BCUT2D eigenvalue weighted by molar-refractivity contribution is 7.98. The zero-order valence-electron chi connectivity index (χ0n) is 18.5. The molecule has 168 valence electrons. The number of amides is 1. The van der Waals surface area contributed by atoms with Crippen molar-refractivity contribution in [1.82, 2.24) is 5.32 Å². The van der Waals surface area contributed by atoms with Gasteiger partial charge in [-0.15, -0.1) is 0 Å². The van der Waals surface area contributed by atoms with Gasteiger partial charge >= 0.3 is 5.97 Å². The molecule has 1 N–H and O–H groups in total. The van der Waals surface area contributed by atoms with Crippen molar-refractivity contribution in [1.29, 1.82) is 0 Å². The van der Waals surface area contributed by atoms with E-state index in [4.69, 9.17) is 4.74 Å². The predicted octanol–water partition coefficient (Wildman–Crippen LogP) is 4.18. The van der Waals surface area contributed by atoms with Gasteiger partial charge in [0, 0.05) is 11.0 Å². The molecule has 0 aromatic heterocycles. The van der Waals surface area contributed by atoms with Gasteiger partial charge in [-0.2, -0.15) is 11.8 Å². The van der Waals surface area contributed by atoms with Crippen molar-refractivity contribution in [3.8, 4) is 0 Å².